The van der Waals surface area contributed by atoms with Gasteiger partial charge in [-0.3, -0.25) is 23.8 Å². The highest BCUT2D eigenvalue weighted by molar-refractivity contribution is 6.22. The number of imidazole rings is 1. The average molecular weight is 336 g/mol. The van der Waals surface area contributed by atoms with E-state index in [2.05, 4.69) is 9.97 Å². The van der Waals surface area contributed by atoms with Gasteiger partial charge in [-0.2, -0.15) is 0 Å². The number of amides is 2. The van der Waals surface area contributed by atoms with Gasteiger partial charge in [-0.05, 0) is 25.0 Å². The Labute approximate surface area is 142 Å². The zero-order chi connectivity index (χ0) is 17.1. The van der Waals surface area contributed by atoms with Gasteiger partial charge in [0.15, 0.2) is 0 Å². The molecule has 1 saturated carbocycles. The first kappa shape index (κ1) is 14.4. The molecule has 2 aliphatic rings. The van der Waals surface area contributed by atoms with E-state index in [-0.39, 0.29) is 35.0 Å². The van der Waals surface area contributed by atoms with Crippen LogP contribution in [0.15, 0.2) is 35.1 Å². The van der Waals surface area contributed by atoms with E-state index in [0.29, 0.717) is 11.3 Å². The summed E-state index contributed by atoms with van der Waals surface area (Å²) in [5.41, 5.74) is 1.06. The summed E-state index contributed by atoms with van der Waals surface area (Å²) in [4.78, 5) is 46.2. The van der Waals surface area contributed by atoms with E-state index in [1.54, 1.807) is 4.40 Å². The van der Waals surface area contributed by atoms with Crippen LogP contribution in [0.2, 0.25) is 0 Å². The number of carbonyl (C=O) groups excluding carboxylic acids is 2. The van der Waals surface area contributed by atoms with Gasteiger partial charge in [0.2, 0.25) is 17.6 Å². The second-order valence-electron chi connectivity index (χ2n) is 6.76. The highest BCUT2D eigenvalue weighted by Gasteiger charge is 2.49. The van der Waals surface area contributed by atoms with Crippen LogP contribution in [0, 0.1) is 11.8 Å². The Kier molecular flexibility index (Phi) is 2.89. The molecule has 0 unspecified atom stereocenters. The van der Waals surface area contributed by atoms with Crippen molar-refractivity contribution in [1.82, 2.24) is 14.4 Å². The van der Waals surface area contributed by atoms with Crippen LogP contribution >= 0.6 is 0 Å². The first-order valence-electron chi connectivity index (χ1n) is 8.53. The fourth-order valence-corrected chi connectivity index (χ4v) is 4.22. The molecular formula is C18H16N4O3. The zero-order valence-corrected chi connectivity index (χ0v) is 13.4. The number of benzene rings is 1. The summed E-state index contributed by atoms with van der Waals surface area (Å²) in [5.74, 6) is -0.287. The maximum atomic E-state index is 12.9. The second kappa shape index (κ2) is 5.02. The minimum Gasteiger partial charge on any atom is -0.292 e. The lowest BCUT2D eigenvalue weighted by atomic mass is 9.81. The standard InChI is InChI=1S/C18H16N4O3/c23-14-9-15(21-13-8-4-3-7-12(13)19-18(21)20-14)22-16(24)10-5-1-2-6-11(10)17(22)25/h3-4,7-11H,1-2,5-6H2,(H,19,20,23)/t10-,11-/m1/s1. The molecule has 0 radical (unpaired) electrons. The Bertz CT molecular complexity index is 1070. The normalized spacial score (nSPS) is 23.6. The number of aromatic nitrogens is 3. The van der Waals surface area contributed by atoms with Crippen molar-refractivity contribution in [2.45, 2.75) is 25.7 Å². The molecule has 1 aromatic carbocycles. The van der Waals surface area contributed by atoms with E-state index in [9.17, 15) is 14.4 Å². The molecule has 2 atom stereocenters. The highest BCUT2D eigenvalue weighted by atomic mass is 16.2. The monoisotopic (exact) mass is 336 g/mol. The van der Waals surface area contributed by atoms with Crippen LogP contribution in [0.25, 0.3) is 16.8 Å². The van der Waals surface area contributed by atoms with Crippen LogP contribution < -0.4 is 10.5 Å². The van der Waals surface area contributed by atoms with Crippen molar-refractivity contribution in [3.05, 3.63) is 40.7 Å². The summed E-state index contributed by atoms with van der Waals surface area (Å²) in [5, 5.41) is 0. The molecule has 1 saturated heterocycles. The number of fused-ring (bicyclic) bond motifs is 4. The molecule has 1 aliphatic carbocycles. The van der Waals surface area contributed by atoms with Crippen LogP contribution in [0.1, 0.15) is 25.7 Å². The maximum Gasteiger partial charge on any atom is 0.254 e. The fourth-order valence-electron chi connectivity index (χ4n) is 4.22. The first-order chi connectivity index (χ1) is 12.1. The Morgan fingerprint density at radius 2 is 1.68 bits per heavy atom. The number of carbonyl (C=O) groups is 2. The van der Waals surface area contributed by atoms with Gasteiger partial charge < -0.3 is 0 Å². The summed E-state index contributed by atoms with van der Waals surface area (Å²) >= 11 is 0. The third-order valence-corrected chi connectivity index (χ3v) is 5.36. The molecule has 2 amide bonds. The van der Waals surface area contributed by atoms with Gasteiger partial charge in [-0.1, -0.05) is 25.0 Å². The van der Waals surface area contributed by atoms with Crippen molar-refractivity contribution in [2.75, 3.05) is 4.90 Å². The lowest BCUT2D eigenvalue weighted by Crippen LogP contribution is -2.33. The van der Waals surface area contributed by atoms with E-state index in [1.165, 1.54) is 11.0 Å². The minimum atomic E-state index is -0.381. The number of para-hydroxylation sites is 2. The van der Waals surface area contributed by atoms with Gasteiger partial charge in [-0.25, -0.2) is 9.88 Å². The van der Waals surface area contributed by atoms with Gasteiger partial charge in [-0.15, -0.1) is 0 Å². The van der Waals surface area contributed by atoms with Crippen molar-refractivity contribution in [1.29, 1.82) is 0 Å². The molecule has 5 rings (SSSR count). The average Bonchev–Trinajstić information content (AvgIpc) is 3.10. The molecule has 126 valence electrons. The largest absolute Gasteiger partial charge is 0.292 e. The molecule has 3 heterocycles. The van der Waals surface area contributed by atoms with Crippen LogP contribution in [0.5, 0.6) is 0 Å². The fraction of sp³-hybridized carbons (Fsp3) is 0.333. The molecule has 1 N–H and O–H groups in total. The van der Waals surface area contributed by atoms with Crippen LogP contribution in [0.4, 0.5) is 5.82 Å². The number of nitrogens with zero attached hydrogens (tertiary/aromatic N) is 3. The number of hydrogen-bond acceptors (Lipinski definition) is 4. The van der Waals surface area contributed by atoms with Crippen molar-refractivity contribution >= 4 is 34.4 Å². The third kappa shape index (κ3) is 1.92. The number of aromatic amines is 1. The van der Waals surface area contributed by atoms with Crippen LogP contribution in [0.3, 0.4) is 0 Å². The van der Waals surface area contributed by atoms with Gasteiger partial charge in [0.05, 0.1) is 22.9 Å². The van der Waals surface area contributed by atoms with Crippen molar-refractivity contribution in [2.24, 2.45) is 11.8 Å². The van der Waals surface area contributed by atoms with Gasteiger partial charge >= 0.3 is 0 Å². The lowest BCUT2D eigenvalue weighted by Gasteiger charge is -2.19. The predicted molar refractivity (Wildman–Crippen MR) is 91.3 cm³/mol. The molecule has 7 heteroatoms. The van der Waals surface area contributed by atoms with Crippen molar-refractivity contribution in [3.8, 4) is 0 Å². The molecule has 2 fully saturated rings. The molecule has 2 aromatic heterocycles. The zero-order valence-electron chi connectivity index (χ0n) is 13.4. The highest BCUT2D eigenvalue weighted by Crippen LogP contribution is 2.40. The lowest BCUT2D eigenvalue weighted by molar-refractivity contribution is -0.122. The number of H-pyrrole nitrogens is 1. The quantitative estimate of drug-likeness (QED) is 0.687. The maximum absolute atomic E-state index is 12.9. The molecule has 25 heavy (non-hydrogen) atoms. The predicted octanol–water partition coefficient (Wildman–Crippen LogP) is 1.86. The SMILES string of the molecule is O=C1[C@@H]2CCCC[C@H]2C(=O)N1c1cc(=O)[nH]c2nc3ccccc3n12. The Balaban J connectivity index is 1.79. The molecule has 1 aliphatic heterocycles. The first-order valence-corrected chi connectivity index (χ1v) is 8.53. The van der Waals surface area contributed by atoms with Crippen molar-refractivity contribution in [3.63, 3.8) is 0 Å². The van der Waals surface area contributed by atoms with Gasteiger partial charge in [0, 0.05) is 6.07 Å². The number of hydrogen-bond donors (Lipinski definition) is 1. The van der Waals surface area contributed by atoms with E-state index in [4.69, 9.17) is 0 Å². The van der Waals surface area contributed by atoms with Gasteiger partial charge in [0.1, 0.15) is 5.82 Å². The summed E-state index contributed by atoms with van der Waals surface area (Å²) < 4.78 is 1.68. The van der Waals surface area contributed by atoms with Crippen molar-refractivity contribution < 1.29 is 9.59 Å². The van der Waals surface area contributed by atoms with E-state index < -0.39 is 0 Å². The Morgan fingerprint density at radius 3 is 2.40 bits per heavy atom. The Hall–Kier alpha value is -2.96. The van der Waals surface area contributed by atoms with Crippen LogP contribution in [-0.2, 0) is 9.59 Å². The smallest absolute Gasteiger partial charge is 0.254 e. The summed E-state index contributed by atoms with van der Waals surface area (Å²) in [6, 6.07) is 8.72. The number of rotatable bonds is 1. The molecule has 7 nitrogen and oxygen atoms in total. The minimum absolute atomic E-state index is 0.195. The van der Waals surface area contributed by atoms with Crippen LogP contribution in [-0.4, -0.2) is 26.2 Å². The van der Waals surface area contributed by atoms with E-state index in [0.717, 1.165) is 31.2 Å². The summed E-state index contributed by atoms with van der Waals surface area (Å²) in [6.45, 7) is 0. The van der Waals surface area contributed by atoms with Gasteiger partial charge in [0.25, 0.3) is 5.56 Å². The molecular weight excluding hydrogens is 320 g/mol. The number of imide groups is 1. The van der Waals surface area contributed by atoms with E-state index >= 15 is 0 Å². The molecule has 0 bridgehead atoms. The topological polar surface area (TPSA) is 87.5 Å². The second-order valence-corrected chi connectivity index (χ2v) is 6.76. The molecule has 0 spiro atoms. The Morgan fingerprint density at radius 1 is 1.00 bits per heavy atom. The third-order valence-electron chi connectivity index (χ3n) is 5.36. The number of nitrogens with one attached hydrogen (secondary N) is 1. The number of anilines is 1. The van der Waals surface area contributed by atoms with E-state index in [1.807, 2.05) is 24.3 Å². The summed E-state index contributed by atoms with van der Waals surface area (Å²) in [7, 11) is 0. The summed E-state index contributed by atoms with van der Waals surface area (Å²) in [6.07, 6.45) is 3.41. The molecule has 3 aromatic rings.